The summed E-state index contributed by atoms with van der Waals surface area (Å²) in [5, 5.41) is 8.78. The number of rotatable bonds is 4. The molecule has 0 atom stereocenters. The van der Waals surface area contributed by atoms with Crippen molar-refractivity contribution in [2.45, 2.75) is 20.3 Å². The summed E-state index contributed by atoms with van der Waals surface area (Å²) in [7, 11) is 0. The second-order valence-electron chi connectivity index (χ2n) is 3.58. The van der Waals surface area contributed by atoms with Crippen LogP contribution in [0.2, 0.25) is 0 Å². The zero-order chi connectivity index (χ0) is 12.8. The molecule has 0 bridgehead atoms. The number of carbonyl (C=O) groups excluding carboxylic acids is 2. The average molecular weight is 231 g/mol. The fourth-order valence-electron chi connectivity index (χ4n) is 1.49. The quantitative estimate of drug-likeness (QED) is 0.742. The summed E-state index contributed by atoms with van der Waals surface area (Å²) in [6, 6.07) is 6.58. The molecule has 0 spiro atoms. The lowest BCUT2D eigenvalue weighted by Crippen LogP contribution is -2.10. The number of ether oxygens (including phenoxy) is 1. The molecule has 0 aromatic heterocycles. The molecule has 0 aliphatic carbocycles. The van der Waals surface area contributed by atoms with Crippen LogP contribution in [-0.2, 0) is 16.0 Å². The van der Waals surface area contributed by atoms with Gasteiger partial charge in [-0.3, -0.25) is 4.79 Å². The van der Waals surface area contributed by atoms with Gasteiger partial charge < -0.3 is 4.74 Å². The van der Waals surface area contributed by atoms with Crippen LogP contribution >= 0.6 is 0 Å². The maximum Gasteiger partial charge on any atom is 0.338 e. The Labute approximate surface area is 99.8 Å². The normalized spacial score (nSPS) is 9.47. The predicted molar refractivity (Wildman–Crippen MR) is 61.5 cm³/mol. The van der Waals surface area contributed by atoms with E-state index < -0.39 is 5.97 Å². The van der Waals surface area contributed by atoms with Crippen molar-refractivity contribution >= 4 is 11.8 Å². The number of nitriles is 1. The third kappa shape index (κ3) is 3.42. The fourth-order valence-corrected chi connectivity index (χ4v) is 1.49. The molecule has 4 nitrogen and oxygen atoms in total. The Kier molecular flexibility index (Phi) is 4.41. The molecule has 0 radical (unpaired) electrons. The summed E-state index contributed by atoms with van der Waals surface area (Å²) in [6.45, 7) is 3.43. The van der Waals surface area contributed by atoms with E-state index in [1.165, 1.54) is 19.1 Å². The molecule has 0 saturated carbocycles. The number of carbonyl (C=O) groups is 2. The molecule has 0 saturated heterocycles. The molecular weight excluding hydrogens is 218 g/mol. The smallest absolute Gasteiger partial charge is 0.338 e. The number of Topliss-reactive ketones (excluding diaryl/α,β-unsaturated/α-hetero) is 1. The van der Waals surface area contributed by atoms with Gasteiger partial charge in [0.1, 0.15) is 5.78 Å². The Balaban J connectivity index is 3.15. The second-order valence-corrected chi connectivity index (χ2v) is 3.58. The molecule has 88 valence electrons. The zero-order valence-electron chi connectivity index (χ0n) is 9.82. The van der Waals surface area contributed by atoms with Crippen LogP contribution in [0.4, 0.5) is 0 Å². The van der Waals surface area contributed by atoms with E-state index in [2.05, 4.69) is 0 Å². The van der Waals surface area contributed by atoms with Crippen molar-refractivity contribution in [3.63, 3.8) is 0 Å². The Morgan fingerprint density at radius 2 is 2.12 bits per heavy atom. The van der Waals surface area contributed by atoms with Crippen LogP contribution in [0, 0.1) is 11.3 Å². The first kappa shape index (κ1) is 12.9. The highest BCUT2D eigenvalue weighted by atomic mass is 16.5. The number of nitrogens with zero attached hydrogens (tertiary/aromatic N) is 1. The van der Waals surface area contributed by atoms with E-state index in [-0.39, 0.29) is 18.8 Å². The van der Waals surface area contributed by atoms with Crippen molar-refractivity contribution < 1.29 is 14.3 Å². The number of hydrogen-bond acceptors (Lipinski definition) is 4. The first-order valence-corrected chi connectivity index (χ1v) is 5.28. The Hall–Kier alpha value is -2.15. The van der Waals surface area contributed by atoms with E-state index in [0.717, 1.165) is 0 Å². The van der Waals surface area contributed by atoms with Crippen molar-refractivity contribution in [2.75, 3.05) is 6.61 Å². The van der Waals surface area contributed by atoms with Gasteiger partial charge in [-0.2, -0.15) is 5.26 Å². The minimum Gasteiger partial charge on any atom is -0.462 e. The molecular formula is C13H13NO3. The van der Waals surface area contributed by atoms with Gasteiger partial charge in [-0.1, -0.05) is 0 Å². The molecule has 0 heterocycles. The van der Waals surface area contributed by atoms with E-state index in [4.69, 9.17) is 10.00 Å². The molecule has 1 rings (SSSR count). The lowest BCUT2D eigenvalue weighted by atomic mass is 10.00. The summed E-state index contributed by atoms with van der Waals surface area (Å²) >= 11 is 0. The van der Waals surface area contributed by atoms with Crippen LogP contribution in [0.3, 0.4) is 0 Å². The molecule has 0 unspecified atom stereocenters. The van der Waals surface area contributed by atoms with Gasteiger partial charge in [0.2, 0.25) is 0 Å². The lowest BCUT2D eigenvalue weighted by molar-refractivity contribution is -0.116. The zero-order valence-corrected chi connectivity index (χ0v) is 9.82. The van der Waals surface area contributed by atoms with Gasteiger partial charge in [-0.25, -0.2) is 4.79 Å². The van der Waals surface area contributed by atoms with E-state index in [1.807, 2.05) is 6.07 Å². The standard InChI is InChI=1S/C13H13NO3/c1-3-17-13(16)12-5-4-10(8-14)7-11(12)6-9(2)15/h4-5,7H,3,6H2,1-2H3. The van der Waals surface area contributed by atoms with Gasteiger partial charge in [0, 0.05) is 6.42 Å². The highest BCUT2D eigenvalue weighted by Crippen LogP contribution is 2.14. The van der Waals surface area contributed by atoms with Crippen molar-refractivity contribution in [1.82, 2.24) is 0 Å². The fraction of sp³-hybridized carbons (Fsp3) is 0.308. The minimum absolute atomic E-state index is 0.0642. The van der Waals surface area contributed by atoms with Gasteiger partial charge in [0.15, 0.2) is 0 Å². The van der Waals surface area contributed by atoms with Crippen molar-refractivity contribution in [2.24, 2.45) is 0 Å². The minimum atomic E-state index is -0.465. The van der Waals surface area contributed by atoms with Crippen molar-refractivity contribution in [3.05, 3.63) is 34.9 Å². The van der Waals surface area contributed by atoms with E-state index >= 15 is 0 Å². The summed E-state index contributed by atoms with van der Waals surface area (Å²) in [5.41, 5.74) is 1.31. The predicted octanol–water partition coefficient (Wildman–Crippen LogP) is 1.87. The van der Waals surface area contributed by atoms with Gasteiger partial charge in [0.05, 0.1) is 23.8 Å². The van der Waals surface area contributed by atoms with Gasteiger partial charge in [-0.15, -0.1) is 0 Å². The number of benzene rings is 1. The van der Waals surface area contributed by atoms with Crippen LogP contribution in [-0.4, -0.2) is 18.4 Å². The van der Waals surface area contributed by atoms with Crippen molar-refractivity contribution in [1.29, 1.82) is 5.26 Å². The molecule has 4 heteroatoms. The number of esters is 1. The molecule has 0 aliphatic heterocycles. The van der Waals surface area contributed by atoms with Crippen LogP contribution in [0.15, 0.2) is 18.2 Å². The highest BCUT2D eigenvalue weighted by molar-refractivity contribution is 5.93. The molecule has 1 aromatic carbocycles. The van der Waals surface area contributed by atoms with Gasteiger partial charge in [-0.05, 0) is 37.6 Å². The molecule has 0 N–H and O–H groups in total. The van der Waals surface area contributed by atoms with Crippen molar-refractivity contribution in [3.8, 4) is 6.07 Å². The second kappa shape index (κ2) is 5.80. The third-order valence-electron chi connectivity index (χ3n) is 2.17. The summed E-state index contributed by atoms with van der Waals surface area (Å²) in [6.07, 6.45) is 0.129. The molecule has 0 amide bonds. The summed E-state index contributed by atoms with van der Waals surface area (Å²) in [4.78, 5) is 22.7. The molecule has 17 heavy (non-hydrogen) atoms. The molecule has 0 fully saturated rings. The maximum atomic E-state index is 11.6. The topological polar surface area (TPSA) is 67.2 Å². The summed E-state index contributed by atoms with van der Waals surface area (Å²) in [5.74, 6) is -0.529. The van der Waals surface area contributed by atoms with Gasteiger partial charge in [0.25, 0.3) is 0 Å². The number of ketones is 1. The summed E-state index contributed by atoms with van der Waals surface area (Å²) < 4.78 is 4.89. The SMILES string of the molecule is CCOC(=O)c1ccc(C#N)cc1CC(C)=O. The molecule has 1 aromatic rings. The number of hydrogen-bond donors (Lipinski definition) is 0. The molecule has 0 aliphatic rings. The van der Waals surface area contributed by atoms with Crippen LogP contribution in [0.25, 0.3) is 0 Å². The maximum absolute atomic E-state index is 11.6. The van der Waals surface area contributed by atoms with E-state index in [0.29, 0.717) is 16.7 Å². The lowest BCUT2D eigenvalue weighted by Gasteiger charge is -2.07. The van der Waals surface area contributed by atoms with E-state index in [9.17, 15) is 9.59 Å². The first-order valence-electron chi connectivity index (χ1n) is 5.28. The van der Waals surface area contributed by atoms with Crippen LogP contribution < -0.4 is 0 Å². The Bertz CT molecular complexity index is 486. The first-order chi connectivity index (χ1) is 8.08. The van der Waals surface area contributed by atoms with Gasteiger partial charge >= 0.3 is 5.97 Å². The van der Waals surface area contributed by atoms with Crippen LogP contribution in [0.5, 0.6) is 0 Å². The van der Waals surface area contributed by atoms with Crippen LogP contribution in [0.1, 0.15) is 35.3 Å². The largest absolute Gasteiger partial charge is 0.462 e. The van der Waals surface area contributed by atoms with E-state index in [1.54, 1.807) is 13.0 Å². The average Bonchev–Trinajstić information content (AvgIpc) is 2.28. The monoisotopic (exact) mass is 231 g/mol. The highest BCUT2D eigenvalue weighted by Gasteiger charge is 2.14. The Morgan fingerprint density at radius 1 is 1.41 bits per heavy atom. The third-order valence-corrected chi connectivity index (χ3v) is 2.17. The Morgan fingerprint density at radius 3 is 2.65 bits per heavy atom.